The fourth-order valence-electron chi connectivity index (χ4n) is 2.64. The van der Waals surface area contributed by atoms with E-state index in [9.17, 15) is 0 Å². The minimum atomic E-state index is 0.912. The summed E-state index contributed by atoms with van der Waals surface area (Å²) in [6.07, 6.45) is 2.11. The third kappa shape index (κ3) is 1.89. The van der Waals surface area contributed by atoms with Crippen LogP contribution in [0.1, 0.15) is 11.1 Å². The summed E-state index contributed by atoms with van der Waals surface area (Å²) >= 11 is 0. The maximum Gasteiger partial charge on any atom is 0.164 e. The molecule has 0 fully saturated rings. The Morgan fingerprint density at radius 1 is 0.810 bits per heavy atom. The predicted molar refractivity (Wildman–Crippen MR) is 85.8 cm³/mol. The molecule has 2 heterocycles. The first kappa shape index (κ1) is 12.1. The molecule has 0 aliphatic rings. The van der Waals surface area contributed by atoms with Crippen molar-refractivity contribution in [3.63, 3.8) is 0 Å². The highest BCUT2D eigenvalue weighted by atomic mass is 15.1. The predicted octanol–water partition coefficient (Wildman–Crippen LogP) is 4.19. The van der Waals surface area contributed by atoms with Gasteiger partial charge in [0.05, 0.1) is 11.0 Å². The lowest BCUT2D eigenvalue weighted by atomic mass is 10.2. The van der Waals surface area contributed by atoms with Gasteiger partial charge in [0.25, 0.3) is 0 Å². The summed E-state index contributed by atoms with van der Waals surface area (Å²) in [6, 6.07) is 16.5. The first-order chi connectivity index (χ1) is 10.2. The molecule has 4 aromatic rings. The number of aryl methyl sites for hydroxylation is 2. The number of hydrogen-bond acceptors (Lipinski definition) is 2. The van der Waals surface area contributed by atoms with Gasteiger partial charge in [0.2, 0.25) is 0 Å². The normalized spacial score (nSPS) is 11.3. The van der Waals surface area contributed by atoms with E-state index in [1.165, 1.54) is 5.56 Å². The van der Waals surface area contributed by atoms with E-state index in [4.69, 9.17) is 9.97 Å². The topological polar surface area (TPSA) is 30.7 Å². The minimum Gasteiger partial charge on any atom is -0.300 e. The second-order valence-electron chi connectivity index (χ2n) is 5.40. The molecule has 0 unspecified atom stereocenters. The Morgan fingerprint density at radius 3 is 2.19 bits per heavy atom. The maximum absolute atomic E-state index is 4.80. The summed E-state index contributed by atoms with van der Waals surface area (Å²) in [4.78, 5) is 9.56. The molecule has 102 valence electrons. The second kappa shape index (κ2) is 4.42. The van der Waals surface area contributed by atoms with Gasteiger partial charge in [-0.05, 0) is 43.7 Å². The monoisotopic (exact) mass is 273 g/mol. The molecule has 0 bridgehead atoms. The molecular weight excluding hydrogens is 258 g/mol. The van der Waals surface area contributed by atoms with Crippen LogP contribution in [0, 0.1) is 13.8 Å². The summed E-state index contributed by atoms with van der Waals surface area (Å²) < 4.78 is 2.11. The van der Waals surface area contributed by atoms with E-state index in [0.717, 1.165) is 33.4 Å². The number of rotatable bonds is 1. The molecule has 3 heteroatoms. The molecule has 0 saturated carbocycles. The molecule has 3 nitrogen and oxygen atoms in total. The Labute approximate surface area is 122 Å². The van der Waals surface area contributed by atoms with Gasteiger partial charge >= 0.3 is 0 Å². The summed E-state index contributed by atoms with van der Waals surface area (Å²) in [5, 5.41) is 0. The van der Waals surface area contributed by atoms with Crippen LogP contribution >= 0.6 is 0 Å². The number of aromatic nitrogens is 3. The van der Waals surface area contributed by atoms with E-state index in [-0.39, 0.29) is 0 Å². The highest BCUT2D eigenvalue weighted by Gasteiger charge is 2.11. The molecule has 0 saturated heterocycles. The van der Waals surface area contributed by atoms with E-state index in [1.54, 1.807) is 0 Å². The molecule has 4 rings (SSSR count). The molecule has 21 heavy (non-hydrogen) atoms. The van der Waals surface area contributed by atoms with Crippen molar-refractivity contribution in [2.45, 2.75) is 13.8 Å². The Hall–Kier alpha value is -2.68. The van der Waals surface area contributed by atoms with Gasteiger partial charge in [-0.25, -0.2) is 9.97 Å². The molecule has 0 N–H and O–H groups in total. The van der Waals surface area contributed by atoms with Crippen molar-refractivity contribution in [2.75, 3.05) is 0 Å². The van der Waals surface area contributed by atoms with Crippen molar-refractivity contribution >= 4 is 22.2 Å². The molecule has 0 amide bonds. The summed E-state index contributed by atoms with van der Waals surface area (Å²) in [5.41, 5.74) is 7.26. The minimum absolute atomic E-state index is 0.912. The lowest BCUT2D eigenvalue weighted by Crippen LogP contribution is -1.95. The van der Waals surface area contributed by atoms with Gasteiger partial charge < -0.3 is 0 Å². The smallest absolute Gasteiger partial charge is 0.164 e. The number of benzene rings is 2. The standard InChI is InChI=1S/C18H15N3/c1-12-7-9-14(10-8-12)21-11-13(2)17-18(21)20-16-6-4-3-5-15(16)19-17/h3-11H,1-2H3. The summed E-state index contributed by atoms with van der Waals surface area (Å²) in [5.74, 6) is 0. The van der Waals surface area contributed by atoms with Crippen LogP contribution in [0.5, 0.6) is 0 Å². The van der Waals surface area contributed by atoms with Gasteiger partial charge in [-0.3, -0.25) is 4.57 Å². The number of hydrogen-bond donors (Lipinski definition) is 0. The van der Waals surface area contributed by atoms with Crippen LogP contribution in [0.2, 0.25) is 0 Å². The Bertz CT molecular complexity index is 949. The average molecular weight is 273 g/mol. The van der Waals surface area contributed by atoms with E-state index in [2.05, 4.69) is 48.9 Å². The summed E-state index contributed by atoms with van der Waals surface area (Å²) in [7, 11) is 0. The zero-order valence-electron chi connectivity index (χ0n) is 12.0. The third-order valence-electron chi connectivity index (χ3n) is 3.79. The first-order valence-electron chi connectivity index (χ1n) is 7.04. The van der Waals surface area contributed by atoms with Crippen LogP contribution in [0.4, 0.5) is 0 Å². The number of para-hydroxylation sites is 2. The Morgan fingerprint density at radius 2 is 1.48 bits per heavy atom. The van der Waals surface area contributed by atoms with Crippen LogP contribution in [0.3, 0.4) is 0 Å². The van der Waals surface area contributed by atoms with Crippen molar-refractivity contribution in [3.05, 3.63) is 65.9 Å². The van der Waals surface area contributed by atoms with E-state index >= 15 is 0 Å². The Balaban J connectivity index is 2.05. The van der Waals surface area contributed by atoms with E-state index < -0.39 is 0 Å². The van der Waals surface area contributed by atoms with Gasteiger partial charge in [0, 0.05) is 11.9 Å². The van der Waals surface area contributed by atoms with Crippen molar-refractivity contribution < 1.29 is 0 Å². The summed E-state index contributed by atoms with van der Waals surface area (Å²) in [6.45, 7) is 4.17. The molecule has 0 atom stereocenters. The van der Waals surface area contributed by atoms with Gasteiger partial charge in [0.15, 0.2) is 5.65 Å². The van der Waals surface area contributed by atoms with Gasteiger partial charge in [-0.1, -0.05) is 29.8 Å². The molecule has 0 aliphatic carbocycles. The second-order valence-corrected chi connectivity index (χ2v) is 5.40. The molecule has 0 spiro atoms. The molecular formula is C18H15N3. The average Bonchev–Trinajstić information content (AvgIpc) is 2.83. The molecule has 2 aromatic carbocycles. The highest BCUT2D eigenvalue weighted by Crippen LogP contribution is 2.24. The lowest BCUT2D eigenvalue weighted by molar-refractivity contribution is 1.09. The third-order valence-corrected chi connectivity index (χ3v) is 3.79. The lowest BCUT2D eigenvalue weighted by Gasteiger charge is -2.05. The number of nitrogens with zero attached hydrogens (tertiary/aromatic N) is 3. The van der Waals surface area contributed by atoms with Gasteiger partial charge in [-0.2, -0.15) is 0 Å². The fraction of sp³-hybridized carbons (Fsp3) is 0.111. The van der Waals surface area contributed by atoms with E-state index in [1.807, 2.05) is 24.3 Å². The fourth-order valence-corrected chi connectivity index (χ4v) is 2.64. The SMILES string of the molecule is Cc1ccc(-n2cc(C)c3nc4ccccc4nc32)cc1. The van der Waals surface area contributed by atoms with Crippen LogP contribution in [0.25, 0.3) is 27.9 Å². The van der Waals surface area contributed by atoms with E-state index in [0.29, 0.717) is 0 Å². The molecule has 0 aliphatic heterocycles. The van der Waals surface area contributed by atoms with Crippen LogP contribution in [-0.2, 0) is 0 Å². The Kier molecular flexibility index (Phi) is 2.54. The van der Waals surface area contributed by atoms with Crippen LogP contribution in [0.15, 0.2) is 54.7 Å². The van der Waals surface area contributed by atoms with Crippen molar-refractivity contribution in [3.8, 4) is 5.69 Å². The van der Waals surface area contributed by atoms with Crippen LogP contribution in [-0.4, -0.2) is 14.5 Å². The molecule has 2 aromatic heterocycles. The molecule has 0 radical (unpaired) electrons. The van der Waals surface area contributed by atoms with Crippen molar-refractivity contribution in [1.82, 2.24) is 14.5 Å². The first-order valence-corrected chi connectivity index (χ1v) is 7.04. The van der Waals surface area contributed by atoms with Crippen molar-refractivity contribution in [1.29, 1.82) is 0 Å². The van der Waals surface area contributed by atoms with Crippen molar-refractivity contribution in [2.24, 2.45) is 0 Å². The quantitative estimate of drug-likeness (QED) is 0.520. The zero-order valence-corrected chi connectivity index (χ0v) is 12.0. The maximum atomic E-state index is 4.80. The largest absolute Gasteiger partial charge is 0.300 e. The van der Waals surface area contributed by atoms with Crippen LogP contribution < -0.4 is 0 Å². The highest BCUT2D eigenvalue weighted by molar-refractivity contribution is 5.87. The number of fused-ring (bicyclic) bond motifs is 2. The zero-order chi connectivity index (χ0) is 14.4. The van der Waals surface area contributed by atoms with Gasteiger partial charge in [-0.15, -0.1) is 0 Å². The van der Waals surface area contributed by atoms with Gasteiger partial charge in [0.1, 0.15) is 5.52 Å².